The summed E-state index contributed by atoms with van der Waals surface area (Å²) in [5.41, 5.74) is 2.32. The monoisotopic (exact) mass is 311 g/mol. The van der Waals surface area contributed by atoms with Crippen LogP contribution in [0.25, 0.3) is 0 Å². The molecular weight excluding hydrogens is 286 g/mol. The van der Waals surface area contributed by atoms with Gasteiger partial charge in [0, 0.05) is 19.0 Å². The summed E-state index contributed by atoms with van der Waals surface area (Å²) in [6.07, 6.45) is 4.67. The van der Waals surface area contributed by atoms with Crippen molar-refractivity contribution in [3.63, 3.8) is 0 Å². The number of rotatable bonds is 6. The number of phenols is 1. The zero-order valence-corrected chi connectivity index (χ0v) is 13.7. The molecule has 0 bridgehead atoms. The molecule has 1 heterocycles. The molecule has 3 heteroatoms. The highest BCUT2D eigenvalue weighted by Gasteiger charge is 2.25. The highest BCUT2D eigenvalue weighted by Crippen LogP contribution is 2.36. The van der Waals surface area contributed by atoms with Crippen molar-refractivity contribution >= 4 is 5.69 Å². The second-order valence-corrected chi connectivity index (χ2v) is 6.23. The summed E-state index contributed by atoms with van der Waals surface area (Å²) >= 11 is 0. The quantitative estimate of drug-likeness (QED) is 0.803. The molecule has 1 N–H and O–H groups in total. The average Bonchev–Trinajstić information content (AvgIpc) is 2.56. The molecule has 0 spiro atoms. The molecule has 3 rings (SSSR count). The molecule has 0 radical (unpaired) electrons. The summed E-state index contributed by atoms with van der Waals surface area (Å²) in [5.74, 6) is 1.18. The first kappa shape index (κ1) is 15.7. The summed E-state index contributed by atoms with van der Waals surface area (Å²) in [6, 6.07) is 15.9. The Labute approximate surface area is 138 Å². The SMILES string of the molecule is CCCCCN1CC(Cc2ccccc2)Oc2ccc(O)cc21. The van der Waals surface area contributed by atoms with E-state index in [0.717, 1.165) is 30.9 Å². The average molecular weight is 311 g/mol. The second-order valence-electron chi connectivity index (χ2n) is 6.23. The fourth-order valence-corrected chi connectivity index (χ4v) is 3.16. The van der Waals surface area contributed by atoms with E-state index >= 15 is 0 Å². The minimum absolute atomic E-state index is 0.149. The normalized spacial score (nSPS) is 16.7. The van der Waals surface area contributed by atoms with Gasteiger partial charge in [0.2, 0.25) is 0 Å². The van der Waals surface area contributed by atoms with Crippen LogP contribution in [0.3, 0.4) is 0 Å². The maximum Gasteiger partial charge on any atom is 0.143 e. The number of unbranched alkanes of at least 4 members (excludes halogenated alkanes) is 2. The molecule has 1 aliphatic rings. The van der Waals surface area contributed by atoms with Crippen molar-refractivity contribution in [2.24, 2.45) is 0 Å². The van der Waals surface area contributed by atoms with Crippen molar-refractivity contribution in [3.05, 3.63) is 54.1 Å². The maximum atomic E-state index is 9.80. The lowest BCUT2D eigenvalue weighted by Gasteiger charge is -2.36. The number of nitrogens with zero attached hydrogens (tertiary/aromatic N) is 1. The number of hydrogen-bond donors (Lipinski definition) is 1. The molecule has 0 aliphatic carbocycles. The number of aromatic hydroxyl groups is 1. The van der Waals surface area contributed by atoms with Gasteiger partial charge in [-0.1, -0.05) is 50.1 Å². The molecular formula is C20H25NO2. The fourth-order valence-electron chi connectivity index (χ4n) is 3.16. The minimum Gasteiger partial charge on any atom is -0.508 e. The van der Waals surface area contributed by atoms with Gasteiger partial charge >= 0.3 is 0 Å². The molecule has 0 amide bonds. The van der Waals surface area contributed by atoms with E-state index in [9.17, 15) is 5.11 Å². The molecule has 0 fully saturated rings. The van der Waals surface area contributed by atoms with Crippen LogP contribution in [-0.2, 0) is 6.42 Å². The number of phenolic OH excluding ortho intramolecular Hbond substituents is 1. The highest BCUT2D eigenvalue weighted by molar-refractivity contribution is 5.63. The fraction of sp³-hybridized carbons (Fsp3) is 0.400. The molecule has 2 aromatic carbocycles. The Morgan fingerprint density at radius 1 is 1.13 bits per heavy atom. The standard InChI is InChI=1S/C20H25NO2/c1-2-3-7-12-21-15-18(13-16-8-5-4-6-9-16)23-20-11-10-17(22)14-19(20)21/h4-6,8-11,14,18,22H,2-3,7,12-13,15H2,1H3. The van der Waals surface area contributed by atoms with E-state index in [2.05, 4.69) is 36.1 Å². The van der Waals surface area contributed by atoms with Crippen LogP contribution in [0.15, 0.2) is 48.5 Å². The molecule has 0 saturated carbocycles. The Morgan fingerprint density at radius 3 is 2.74 bits per heavy atom. The van der Waals surface area contributed by atoms with Crippen molar-refractivity contribution in [1.82, 2.24) is 0 Å². The number of ether oxygens (including phenoxy) is 1. The van der Waals surface area contributed by atoms with E-state index in [1.165, 1.54) is 24.8 Å². The topological polar surface area (TPSA) is 32.7 Å². The summed E-state index contributed by atoms with van der Waals surface area (Å²) in [5, 5.41) is 9.80. The number of hydrogen-bond acceptors (Lipinski definition) is 3. The van der Waals surface area contributed by atoms with Gasteiger partial charge in [0.25, 0.3) is 0 Å². The molecule has 23 heavy (non-hydrogen) atoms. The first-order chi connectivity index (χ1) is 11.3. The molecule has 0 saturated heterocycles. The van der Waals surface area contributed by atoms with Crippen LogP contribution in [0.5, 0.6) is 11.5 Å². The van der Waals surface area contributed by atoms with Crippen LogP contribution in [0, 0.1) is 0 Å². The van der Waals surface area contributed by atoms with Crippen molar-refractivity contribution in [2.75, 3.05) is 18.0 Å². The van der Waals surface area contributed by atoms with Crippen molar-refractivity contribution < 1.29 is 9.84 Å². The van der Waals surface area contributed by atoms with Gasteiger partial charge < -0.3 is 14.7 Å². The summed E-state index contributed by atoms with van der Waals surface area (Å²) in [6.45, 7) is 4.10. The predicted molar refractivity (Wildman–Crippen MR) is 94.4 cm³/mol. The third-order valence-corrected chi connectivity index (χ3v) is 4.34. The Hall–Kier alpha value is -2.16. The van der Waals surface area contributed by atoms with Gasteiger partial charge in [0.1, 0.15) is 17.6 Å². The van der Waals surface area contributed by atoms with Gasteiger partial charge in [-0.3, -0.25) is 0 Å². The van der Waals surface area contributed by atoms with E-state index in [-0.39, 0.29) is 6.10 Å². The van der Waals surface area contributed by atoms with Gasteiger partial charge in [0.05, 0.1) is 12.2 Å². The molecule has 1 unspecified atom stereocenters. The third kappa shape index (κ3) is 3.98. The van der Waals surface area contributed by atoms with Crippen LogP contribution in [0.2, 0.25) is 0 Å². The van der Waals surface area contributed by atoms with Gasteiger partial charge in [-0.25, -0.2) is 0 Å². The van der Waals surface area contributed by atoms with E-state index < -0.39 is 0 Å². The van der Waals surface area contributed by atoms with Crippen LogP contribution < -0.4 is 9.64 Å². The molecule has 122 valence electrons. The number of fused-ring (bicyclic) bond motifs is 1. The van der Waals surface area contributed by atoms with E-state index in [1.54, 1.807) is 6.07 Å². The molecule has 2 aromatic rings. The van der Waals surface area contributed by atoms with E-state index in [0.29, 0.717) is 5.75 Å². The number of anilines is 1. The highest BCUT2D eigenvalue weighted by atomic mass is 16.5. The molecule has 0 aromatic heterocycles. The number of benzene rings is 2. The van der Waals surface area contributed by atoms with Crippen molar-refractivity contribution in [3.8, 4) is 11.5 Å². The van der Waals surface area contributed by atoms with E-state index in [1.807, 2.05) is 18.2 Å². The van der Waals surface area contributed by atoms with Crippen LogP contribution >= 0.6 is 0 Å². The van der Waals surface area contributed by atoms with Gasteiger partial charge in [0.15, 0.2) is 0 Å². The second kappa shape index (κ2) is 7.40. The van der Waals surface area contributed by atoms with Crippen LogP contribution in [0.1, 0.15) is 31.7 Å². The van der Waals surface area contributed by atoms with Crippen LogP contribution in [-0.4, -0.2) is 24.3 Å². The van der Waals surface area contributed by atoms with E-state index in [4.69, 9.17) is 4.74 Å². The predicted octanol–water partition coefficient (Wildman–Crippen LogP) is 4.39. The zero-order chi connectivity index (χ0) is 16.1. The minimum atomic E-state index is 0.149. The first-order valence-electron chi connectivity index (χ1n) is 8.55. The lowest BCUT2D eigenvalue weighted by molar-refractivity contribution is 0.193. The largest absolute Gasteiger partial charge is 0.508 e. The summed E-state index contributed by atoms with van der Waals surface area (Å²) in [4.78, 5) is 2.36. The summed E-state index contributed by atoms with van der Waals surface area (Å²) in [7, 11) is 0. The third-order valence-electron chi connectivity index (χ3n) is 4.34. The molecule has 1 aliphatic heterocycles. The first-order valence-corrected chi connectivity index (χ1v) is 8.55. The Balaban J connectivity index is 1.76. The Bertz CT molecular complexity index is 627. The Kier molecular flexibility index (Phi) is 5.06. The van der Waals surface area contributed by atoms with Crippen molar-refractivity contribution in [2.45, 2.75) is 38.7 Å². The Morgan fingerprint density at radius 2 is 1.96 bits per heavy atom. The smallest absolute Gasteiger partial charge is 0.143 e. The van der Waals surface area contributed by atoms with Crippen molar-refractivity contribution in [1.29, 1.82) is 0 Å². The lowest BCUT2D eigenvalue weighted by atomic mass is 10.0. The van der Waals surface area contributed by atoms with Crippen LogP contribution in [0.4, 0.5) is 5.69 Å². The molecule has 3 nitrogen and oxygen atoms in total. The van der Waals surface area contributed by atoms with Gasteiger partial charge in [-0.15, -0.1) is 0 Å². The summed E-state index contributed by atoms with van der Waals surface area (Å²) < 4.78 is 6.17. The maximum absolute atomic E-state index is 9.80. The lowest BCUT2D eigenvalue weighted by Crippen LogP contribution is -2.41. The molecule has 1 atom stereocenters. The van der Waals surface area contributed by atoms with Gasteiger partial charge in [-0.2, -0.15) is 0 Å². The van der Waals surface area contributed by atoms with Gasteiger partial charge in [-0.05, 0) is 24.1 Å². The zero-order valence-electron chi connectivity index (χ0n) is 13.7.